The lowest BCUT2D eigenvalue weighted by Gasteiger charge is -2.16. The van der Waals surface area contributed by atoms with Gasteiger partial charge in [0.1, 0.15) is 11.5 Å². The van der Waals surface area contributed by atoms with E-state index in [9.17, 15) is 9.59 Å². The standard InChI is InChI=1S/C22H27NO5/c1-14(2)18-11-10-17(12-15(18)3)27-13-21(24)28-16(4)22(25)23-19-8-6-7-9-20(19)26-5/h6-12,14,16H,13H2,1-5H3,(H,23,25)/t16-/m1/s1. The van der Waals surface area contributed by atoms with E-state index in [-0.39, 0.29) is 6.61 Å². The van der Waals surface area contributed by atoms with Crippen LogP contribution in [0.5, 0.6) is 11.5 Å². The predicted molar refractivity (Wildman–Crippen MR) is 108 cm³/mol. The van der Waals surface area contributed by atoms with E-state index in [0.29, 0.717) is 23.1 Å². The Balaban J connectivity index is 1.86. The average molecular weight is 385 g/mol. The van der Waals surface area contributed by atoms with Crippen molar-refractivity contribution in [2.24, 2.45) is 0 Å². The van der Waals surface area contributed by atoms with Crippen molar-refractivity contribution in [2.45, 2.75) is 39.7 Å². The fraction of sp³-hybridized carbons (Fsp3) is 0.364. The molecule has 0 fully saturated rings. The van der Waals surface area contributed by atoms with Crippen LogP contribution in [0.1, 0.15) is 37.8 Å². The summed E-state index contributed by atoms with van der Waals surface area (Å²) in [6.07, 6.45) is -0.967. The first-order valence-electron chi connectivity index (χ1n) is 9.18. The normalized spacial score (nSPS) is 11.6. The summed E-state index contributed by atoms with van der Waals surface area (Å²) in [4.78, 5) is 24.3. The predicted octanol–water partition coefficient (Wildman–Crippen LogP) is 4.08. The number of hydrogen-bond donors (Lipinski definition) is 1. The quantitative estimate of drug-likeness (QED) is 0.693. The molecule has 0 aromatic heterocycles. The molecule has 1 amide bonds. The lowest BCUT2D eigenvalue weighted by atomic mass is 9.98. The fourth-order valence-corrected chi connectivity index (χ4v) is 2.80. The summed E-state index contributed by atoms with van der Waals surface area (Å²) in [5.41, 5.74) is 2.84. The van der Waals surface area contributed by atoms with Gasteiger partial charge in [-0.1, -0.05) is 32.0 Å². The summed E-state index contributed by atoms with van der Waals surface area (Å²) in [5.74, 6) is 0.466. The largest absolute Gasteiger partial charge is 0.495 e. The first kappa shape index (κ1) is 21.3. The second kappa shape index (κ2) is 9.78. The monoisotopic (exact) mass is 385 g/mol. The van der Waals surface area contributed by atoms with Crippen LogP contribution in [0, 0.1) is 6.92 Å². The minimum absolute atomic E-state index is 0.271. The Kier molecular flexibility index (Phi) is 7.44. The van der Waals surface area contributed by atoms with Crippen molar-refractivity contribution in [3.63, 3.8) is 0 Å². The van der Waals surface area contributed by atoms with Crippen LogP contribution in [-0.4, -0.2) is 31.7 Å². The van der Waals surface area contributed by atoms with Crippen molar-refractivity contribution in [1.29, 1.82) is 0 Å². The molecule has 2 aromatic carbocycles. The number of benzene rings is 2. The molecule has 0 radical (unpaired) electrons. The summed E-state index contributed by atoms with van der Waals surface area (Å²) < 4.78 is 15.8. The number of aryl methyl sites for hydroxylation is 1. The summed E-state index contributed by atoms with van der Waals surface area (Å²) >= 11 is 0. The van der Waals surface area contributed by atoms with Gasteiger partial charge in [0.05, 0.1) is 12.8 Å². The first-order valence-corrected chi connectivity index (χ1v) is 9.18. The van der Waals surface area contributed by atoms with E-state index in [4.69, 9.17) is 14.2 Å². The summed E-state index contributed by atoms with van der Waals surface area (Å²) in [7, 11) is 1.52. The van der Waals surface area contributed by atoms with Crippen LogP contribution in [0.4, 0.5) is 5.69 Å². The molecule has 1 atom stereocenters. The summed E-state index contributed by atoms with van der Waals surface area (Å²) in [6, 6.07) is 12.7. The van der Waals surface area contributed by atoms with Gasteiger partial charge in [-0.3, -0.25) is 4.79 Å². The van der Waals surface area contributed by atoms with E-state index < -0.39 is 18.0 Å². The topological polar surface area (TPSA) is 73.9 Å². The van der Waals surface area contributed by atoms with Crippen molar-refractivity contribution >= 4 is 17.6 Å². The highest BCUT2D eigenvalue weighted by atomic mass is 16.6. The van der Waals surface area contributed by atoms with Crippen LogP contribution in [0.25, 0.3) is 0 Å². The number of anilines is 1. The Hall–Kier alpha value is -3.02. The number of methoxy groups -OCH3 is 1. The molecular formula is C22H27NO5. The van der Waals surface area contributed by atoms with Gasteiger partial charge in [-0.25, -0.2) is 4.79 Å². The molecule has 0 bridgehead atoms. The maximum atomic E-state index is 12.3. The van der Waals surface area contributed by atoms with Crippen molar-refractivity contribution in [3.8, 4) is 11.5 Å². The molecule has 2 aromatic rings. The van der Waals surface area contributed by atoms with Crippen molar-refractivity contribution in [2.75, 3.05) is 19.0 Å². The van der Waals surface area contributed by atoms with Gasteiger partial charge in [-0.2, -0.15) is 0 Å². The Morgan fingerprint density at radius 2 is 1.79 bits per heavy atom. The molecule has 28 heavy (non-hydrogen) atoms. The molecule has 0 spiro atoms. The third-order valence-electron chi connectivity index (χ3n) is 4.26. The number of ether oxygens (including phenoxy) is 3. The van der Waals surface area contributed by atoms with Gasteiger partial charge in [-0.05, 0) is 55.2 Å². The number of carbonyl (C=O) groups is 2. The van der Waals surface area contributed by atoms with E-state index in [2.05, 4.69) is 19.2 Å². The number of rotatable bonds is 8. The zero-order chi connectivity index (χ0) is 20.7. The molecule has 2 rings (SSSR count). The Labute approximate surface area is 165 Å². The van der Waals surface area contributed by atoms with Crippen molar-refractivity contribution < 1.29 is 23.8 Å². The molecule has 0 aliphatic heterocycles. The lowest BCUT2D eigenvalue weighted by molar-refractivity contribution is -0.155. The zero-order valence-corrected chi connectivity index (χ0v) is 16.9. The van der Waals surface area contributed by atoms with Crippen molar-refractivity contribution in [3.05, 3.63) is 53.6 Å². The maximum absolute atomic E-state index is 12.3. The second-order valence-corrected chi connectivity index (χ2v) is 6.78. The number of hydrogen-bond acceptors (Lipinski definition) is 5. The molecule has 0 saturated carbocycles. The molecule has 150 valence electrons. The highest BCUT2D eigenvalue weighted by Crippen LogP contribution is 2.24. The van der Waals surface area contributed by atoms with E-state index in [1.54, 1.807) is 24.3 Å². The number of nitrogens with one attached hydrogen (secondary N) is 1. The van der Waals surface area contributed by atoms with Gasteiger partial charge in [0.2, 0.25) is 0 Å². The smallest absolute Gasteiger partial charge is 0.344 e. The molecule has 0 heterocycles. The van der Waals surface area contributed by atoms with E-state index in [0.717, 1.165) is 5.56 Å². The molecule has 0 unspecified atom stereocenters. The fourth-order valence-electron chi connectivity index (χ4n) is 2.80. The number of carbonyl (C=O) groups excluding carboxylic acids is 2. The third kappa shape index (κ3) is 5.74. The van der Waals surface area contributed by atoms with Crippen molar-refractivity contribution in [1.82, 2.24) is 0 Å². The van der Waals surface area contributed by atoms with Gasteiger partial charge < -0.3 is 19.5 Å². The van der Waals surface area contributed by atoms with E-state index in [1.165, 1.54) is 19.6 Å². The Morgan fingerprint density at radius 1 is 1.07 bits per heavy atom. The molecule has 0 saturated heterocycles. The molecular weight excluding hydrogens is 358 g/mol. The van der Waals surface area contributed by atoms with Gasteiger partial charge in [0.25, 0.3) is 5.91 Å². The molecule has 0 aliphatic rings. The van der Waals surface area contributed by atoms with Gasteiger partial charge in [0, 0.05) is 0 Å². The maximum Gasteiger partial charge on any atom is 0.344 e. The van der Waals surface area contributed by atoms with Gasteiger partial charge in [-0.15, -0.1) is 0 Å². The number of para-hydroxylation sites is 2. The van der Waals surface area contributed by atoms with Gasteiger partial charge in [0.15, 0.2) is 12.7 Å². The minimum Gasteiger partial charge on any atom is -0.495 e. The van der Waals surface area contributed by atoms with Crippen LogP contribution in [0.2, 0.25) is 0 Å². The Bertz CT molecular complexity index is 831. The third-order valence-corrected chi connectivity index (χ3v) is 4.26. The summed E-state index contributed by atoms with van der Waals surface area (Å²) in [5, 5.41) is 2.68. The highest BCUT2D eigenvalue weighted by molar-refractivity contribution is 5.96. The van der Waals surface area contributed by atoms with Crippen LogP contribution in [-0.2, 0) is 14.3 Å². The zero-order valence-electron chi connectivity index (χ0n) is 16.9. The highest BCUT2D eigenvalue weighted by Gasteiger charge is 2.19. The molecule has 1 N–H and O–H groups in total. The number of esters is 1. The molecule has 6 heteroatoms. The van der Waals surface area contributed by atoms with Crippen LogP contribution < -0.4 is 14.8 Å². The van der Waals surface area contributed by atoms with Gasteiger partial charge >= 0.3 is 5.97 Å². The average Bonchev–Trinajstić information content (AvgIpc) is 2.66. The van der Waals surface area contributed by atoms with E-state index in [1.807, 2.05) is 25.1 Å². The first-order chi connectivity index (χ1) is 13.3. The number of amides is 1. The molecule has 0 aliphatic carbocycles. The second-order valence-electron chi connectivity index (χ2n) is 6.78. The SMILES string of the molecule is COc1ccccc1NC(=O)[C@@H](C)OC(=O)COc1ccc(C(C)C)c(C)c1. The summed E-state index contributed by atoms with van der Waals surface area (Å²) in [6.45, 7) is 7.48. The van der Waals surface area contributed by atoms with E-state index >= 15 is 0 Å². The van der Waals surface area contributed by atoms with Crippen LogP contribution in [0.3, 0.4) is 0 Å². The van der Waals surface area contributed by atoms with Crippen LogP contribution in [0.15, 0.2) is 42.5 Å². The molecule has 6 nitrogen and oxygen atoms in total. The van der Waals surface area contributed by atoms with Crippen LogP contribution >= 0.6 is 0 Å². The minimum atomic E-state index is -0.967. The Morgan fingerprint density at radius 3 is 2.43 bits per heavy atom. The lowest BCUT2D eigenvalue weighted by Crippen LogP contribution is -2.31.